The Labute approximate surface area is 165 Å². The monoisotopic (exact) mass is 393 g/mol. The van der Waals surface area contributed by atoms with E-state index in [4.69, 9.17) is 9.47 Å². The number of ether oxygens (including phenoxy) is 2. The molecule has 27 heavy (non-hydrogen) atoms. The number of piperidine rings is 1. The van der Waals surface area contributed by atoms with Gasteiger partial charge < -0.3 is 24.6 Å². The molecule has 6 nitrogen and oxygen atoms in total. The topological polar surface area (TPSA) is 54.0 Å². The van der Waals surface area contributed by atoms with Crippen LogP contribution >= 0.6 is 11.3 Å². The van der Waals surface area contributed by atoms with Gasteiger partial charge in [-0.2, -0.15) is 0 Å². The van der Waals surface area contributed by atoms with Crippen molar-refractivity contribution in [1.29, 1.82) is 0 Å². The average molecular weight is 394 g/mol. The minimum absolute atomic E-state index is 0.0207. The van der Waals surface area contributed by atoms with Crippen molar-refractivity contribution in [3.05, 3.63) is 21.4 Å². The summed E-state index contributed by atoms with van der Waals surface area (Å²) in [7, 11) is 2.09. The summed E-state index contributed by atoms with van der Waals surface area (Å²) in [6, 6.07) is 2.10. The number of likely N-dealkylation sites (N-methyl/N-ethyl adjacent to an activating group) is 1. The Bertz CT molecular complexity index is 669. The first-order valence-corrected chi connectivity index (χ1v) is 11.0. The lowest BCUT2D eigenvalue weighted by molar-refractivity contribution is -0.0944. The van der Waals surface area contributed by atoms with Gasteiger partial charge in [0.25, 0.3) is 5.91 Å². The maximum Gasteiger partial charge on any atom is 0.261 e. The SMILES string of the molecule is CCN1CCC2(CC1)OCCc1cc(C(=O)NCC3CN(C)CCO3)sc12. The number of rotatable bonds is 4. The summed E-state index contributed by atoms with van der Waals surface area (Å²) in [6.07, 6.45) is 3.04. The van der Waals surface area contributed by atoms with Crippen LogP contribution in [-0.4, -0.2) is 81.3 Å². The first-order valence-electron chi connectivity index (χ1n) is 10.2. The summed E-state index contributed by atoms with van der Waals surface area (Å²) in [6.45, 7) is 9.35. The zero-order chi connectivity index (χ0) is 18.9. The highest BCUT2D eigenvalue weighted by atomic mass is 32.1. The Kier molecular flexibility index (Phi) is 5.85. The molecule has 1 aromatic rings. The summed E-state index contributed by atoms with van der Waals surface area (Å²) in [5.41, 5.74) is 1.15. The van der Waals surface area contributed by atoms with E-state index in [9.17, 15) is 4.79 Å². The maximum absolute atomic E-state index is 12.7. The van der Waals surface area contributed by atoms with E-state index >= 15 is 0 Å². The van der Waals surface area contributed by atoms with Crippen LogP contribution in [0.5, 0.6) is 0 Å². The Morgan fingerprint density at radius 2 is 2.15 bits per heavy atom. The second-order valence-electron chi connectivity index (χ2n) is 7.96. The number of hydrogen-bond donors (Lipinski definition) is 1. The van der Waals surface area contributed by atoms with Crippen LogP contribution in [0.3, 0.4) is 0 Å². The second kappa shape index (κ2) is 8.17. The summed E-state index contributed by atoms with van der Waals surface area (Å²) < 4.78 is 12.1. The van der Waals surface area contributed by atoms with Crippen molar-refractivity contribution in [2.45, 2.75) is 37.9 Å². The van der Waals surface area contributed by atoms with Gasteiger partial charge in [-0.1, -0.05) is 6.92 Å². The van der Waals surface area contributed by atoms with Crippen LogP contribution in [-0.2, 0) is 21.5 Å². The first-order chi connectivity index (χ1) is 13.1. The molecule has 7 heteroatoms. The van der Waals surface area contributed by atoms with Crippen LogP contribution in [0.15, 0.2) is 6.07 Å². The van der Waals surface area contributed by atoms with Gasteiger partial charge in [0.2, 0.25) is 0 Å². The molecule has 1 amide bonds. The van der Waals surface area contributed by atoms with Gasteiger partial charge >= 0.3 is 0 Å². The fourth-order valence-corrected chi connectivity index (χ4v) is 5.75. The van der Waals surface area contributed by atoms with Gasteiger partial charge in [-0.3, -0.25) is 4.79 Å². The van der Waals surface area contributed by atoms with Crippen molar-refractivity contribution in [2.24, 2.45) is 0 Å². The number of amides is 1. The van der Waals surface area contributed by atoms with Crippen molar-refractivity contribution < 1.29 is 14.3 Å². The molecule has 3 aliphatic heterocycles. The second-order valence-corrected chi connectivity index (χ2v) is 9.01. The van der Waals surface area contributed by atoms with Gasteiger partial charge in [-0.25, -0.2) is 0 Å². The minimum atomic E-state index is -0.169. The number of carbonyl (C=O) groups is 1. The van der Waals surface area contributed by atoms with Crippen LogP contribution < -0.4 is 5.32 Å². The number of fused-ring (bicyclic) bond motifs is 2. The zero-order valence-corrected chi connectivity index (χ0v) is 17.3. The molecule has 2 saturated heterocycles. The molecule has 1 N–H and O–H groups in total. The molecule has 0 bridgehead atoms. The van der Waals surface area contributed by atoms with Crippen molar-refractivity contribution in [3.8, 4) is 0 Å². The van der Waals surface area contributed by atoms with E-state index in [1.807, 2.05) is 0 Å². The van der Waals surface area contributed by atoms with Gasteiger partial charge in [0.05, 0.1) is 24.2 Å². The predicted octanol–water partition coefficient (Wildman–Crippen LogP) is 1.69. The molecular weight excluding hydrogens is 362 g/mol. The Morgan fingerprint density at radius 1 is 1.33 bits per heavy atom. The number of nitrogens with zero attached hydrogens (tertiary/aromatic N) is 2. The molecule has 4 rings (SSSR count). The standard InChI is InChI=1S/C20H31N3O3S/c1-3-23-7-5-20(6-8-23)18-15(4-10-26-20)12-17(27-18)19(24)21-13-16-14-22(2)9-11-25-16/h12,16H,3-11,13-14H2,1-2H3,(H,21,24). The van der Waals surface area contributed by atoms with E-state index < -0.39 is 0 Å². The zero-order valence-electron chi connectivity index (χ0n) is 16.5. The van der Waals surface area contributed by atoms with E-state index in [-0.39, 0.29) is 17.6 Å². The highest BCUT2D eigenvalue weighted by molar-refractivity contribution is 7.14. The highest BCUT2D eigenvalue weighted by Crippen LogP contribution is 2.45. The number of nitrogens with one attached hydrogen (secondary N) is 1. The largest absolute Gasteiger partial charge is 0.374 e. The van der Waals surface area contributed by atoms with E-state index in [0.717, 1.165) is 70.1 Å². The Balaban J connectivity index is 1.42. The molecule has 1 aromatic heterocycles. The summed E-state index contributed by atoms with van der Waals surface area (Å²) in [4.78, 5) is 19.6. The maximum atomic E-state index is 12.7. The first kappa shape index (κ1) is 19.3. The van der Waals surface area contributed by atoms with Crippen LogP contribution in [0.1, 0.15) is 39.9 Å². The van der Waals surface area contributed by atoms with Crippen molar-refractivity contribution >= 4 is 17.2 Å². The van der Waals surface area contributed by atoms with E-state index in [0.29, 0.717) is 6.54 Å². The van der Waals surface area contributed by atoms with E-state index in [1.165, 1.54) is 10.4 Å². The summed E-state index contributed by atoms with van der Waals surface area (Å²) in [5, 5.41) is 3.08. The van der Waals surface area contributed by atoms with E-state index in [1.54, 1.807) is 11.3 Å². The molecule has 0 aromatic carbocycles. The third-order valence-electron chi connectivity index (χ3n) is 6.14. The number of morpholine rings is 1. The van der Waals surface area contributed by atoms with Crippen LogP contribution in [0.2, 0.25) is 0 Å². The molecular formula is C20H31N3O3S. The molecule has 0 aliphatic carbocycles. The number of likely N-dealkylation sites (tertiary alicyclic amines) is 1. The smallest absolute Gasteiger partial charge is 0.261 e. The van der Waals surface area contributed by atoms with Gasteiger partial charge in [-0.15, -0.1) is 11.3 Å². The minimum Gasteiger partial charge on any atom is -0.374 e. The van der Waals surface area contributed by atoms with Gasteiger partial charge in [0.15, 0.2) is 0 Å². The number of carbonyl (C=O) groups excluding carboxylic acids is 1. The summed E-state index contributed by atoms with van der Waals surface area (Å²) >= 11 is 1.64. The molecule has 1 atom stereocenters. The quantitative estimate of drug-likeness (QED) is 0.844. The molecule has 150 valence electrons. The number of thiophene rings is 1. The average Bonchev–Trinajstić information content (AvgIpc) is 3.13. The Hall–Kier alpha value is -0.990. The molecule has 1 spiro atoms. The summed E-state index contributed by atoms with van der Waals surface area (Å²) in [5.74, 6) is 0.0207. The van der Waals surface area contributed by atoms with E-state index in [2.05, 4.69) is 35.2 Å². The normalized spacial score (nSPS) is 26.1. The third-order valence-corrected chi connectivity index (χ3v) is 7.50. The lowest BCUT2D eigenvalue weighted by Crippen LogP contribution is -2.46. The fraction of sp³-hybridized carbons (Fsp3) is 0.750. The van der Waals surface area contributed by atoms with Crippen molar-refractivity contribution in [3.63, 3.8) is 0 Å². The molecule has 1 unspecified atom stereocenters. The fourth-order valence-electron chi connectivity index (χ4n) is 4.42. The van der Waals surface area contributed by atoms with Crippen molar-refractivity contribution in [1.82, 2.24) is 15.1 Å². The third kappa shape index (κ3) is 4.07. The van der Waals surface area contributed by atoms with Gasteiger partial charge in [0, 0.05) is 37.6 Å². The van der Waals surface area contributed by atoms with Crippen LogP contribution in [0, 0.1) is 0 Å². The molecule has 0 saturated carbocycles. The van der Waals surface area contributed by atoms with Gasteiger partial charge in [0.1, 0.15) is 5.60 Å². The predicted molar refractivity (Wildman–Crippen MR) is 107 cm³/mol. The lowest BCUT2D eigenvalue weighted by atomic mass is 9.85. The molecule has 3 aliphatic rings. The molecule has 2 fully saturated rings. The van der Waals surface area contributed by atoms with Crippen LogP contribution in [0.4, 0.5) is 0 Å². The highest BCUT2D eigenvalue weighted by Gasteiger charge is 2.42. The lowest BCUT2D eigenvalue weighted by Gasteiger charge is -2.43. The van der Waals surface area contributed by atoms with Crippen LogP contribution in [0.25, 0.3) is 0 Å². The Morgan fingerprint density at radius 3 is 2.89 bits per heavy atom. The van der Waals surface area contributed by atoms with Crippen molar-refractivity contribution in [2.75, 3.05) is 59.5 Å². The molecule has 0 radical (unpaired) electrons. The molecule has 4 heterocycles. The van der Waals surface area contributed by atoms with Gasteiger partial charge in [-0.05, 0) is 44.5 Å². The number of hydrogen-bond acceptors (Lipinski definition) is 6.